The first-order valence-corrected chi connectivity index (χ1v) is 6.76. The molecule has 2 rings (SSSR count). The number of rotatable bonds is 3. The Morgan fingerprint density at radius 2 is 2.38 bits per heavy atom. The fourth-order valence-corrected chi connectivity index (χ4v) is 2.77. The number of piperidine rings is 1. The van der Waals surface area contributed by atoms with Crippen LogP contribution >= 0.6 is 23.1 Å². The number of aromatic nitrogens is 2. The lowest BCUT2D eigenvalue weighted by molar-refractivity contribution is 0.112. The van der Waals surface area contributed by atoms with Gasteiger partial charge in [0.15, 0.2) is 0 Å². The molecule has 1 fully saturated rings. The maximum Gasteiger partial charge on any atom is 0.138 e. The monoisotopic (exact) mass is 260 g/mol. The Morgan fingerprint density at radius 1 is 1.56 bits per heavy atom. The number of hydrogen-bond acceptors (Lipinski definition) is 5. The summed E-state index contributed by atoms with van der Waals surface area (Å²) in [5.74, 6) is 0.613. The van der Waals surface area contributed by atoms with E-state index in [1.165, 1.54) is 24.4 Å². The van der Waals surface area contributed by atoms with Gasteiger partial charge >= 0.3 is 0 Å². The minimum absolute atomic E-state index is 0.584. The molecule has 1 aliphatic heterocycles. The molecule has 1 aliphatic rings. The Bertz CT molecular complexity index is 343. The van der Waals surface area contributed by atoms with E-state index in [1.807, 2.05) is 0 Å². The molecule has 0 saturated carbocycles. The van der Waals surface area contributed by atoms with Crippen LogP contribution in [0.4, 0.5) is 0 Å². The number of nitrogens with zero attached hydrogens (tertiary/aromatic N) is 3. The van der Waals surface area contributed by atoms with Crippen molar-refractivity contribution < 1.29 is 0 Å². The lowest BCUT2D eigenvalue weighted by Crippen LogP contribution is -2.43. The summed E-state index contributed by atoms with van der Waals surface area (Å²) in [6.07, 6.45) is 2.44. The predicted octanol–water partition coefficient (Wildman–Crippen LogP) is 1.75. The molecule has 0 aromatic carbocycles. The first kappa shape index (κ1) is 12.2. The molecule has 1 aromatic rings. The Kier molecular flexibility index (Phi) is 4.13. The summed E-state index contributed by atoms with van der Waals surface area (Å²) in [6.45, 7) is 4.87. The number of nitrogens with two attached hydrogens (primary N) is 1. The summed E-state index contributed by atoms with van der Waals surface area (Å²) in [6, 6.07) is 0.584. The molecule has 16 heavy (non-hydrogen) atoms. The van der Waals surface area contributed by atoms with Gasteiger partial charge in [-0.25, -0.2) is 0 Å². The Morgan fingerprint density at radius 3 is 3.00 bits per heavy atom. The van der Waals surface area contributed by atoms with Gasteiger partial charge in [0.2, 0.25) is 0 Å². The van der Waals surface area contributed by atoms with Gasteiger partial charge < -0.3 is 5.73 Å². The Hall–Kier alpha value is -0.230. The van der Waals surface area contributed by atoms with E-state index in [0.29, 0.717) is 16.3 Å². The molecular formula is C10H17ClN4S. The van der Waals surface area contributed by atoms with E-state index in [1.54, 1.807) is 0 Å². The van der Waals surface area contributed by atoms with Crippen LogP contribution in [0.15, 0.2) is 0 Å². The van der Waals surface area contributed by atoms with E-state index in [2.05, 4.69) is 21.4 Å². The van der Waals surface area contributed by atoms with Crippen LogP contribution in [0.25, 0.3) is 0 Å². The Balaban J connectivity index is 1.99. The molecule has 4 nitrogen and oxygen atoms in total. The van der Waals surface area contributed by atoms with Crippen LogP contribution in [-0.2, 0) is 6.54 Å². The molecule has 1 saturated heterocycles. The highest BCUT2D eigenvalue weighted by atomic mass is 35.5. The van der Waals surface area contributed by atoms with Crippen molar-refractivity contribution in [3.05, 3.63) is 10.0 Å². The van der Waals surface area contributed by atoms with Gasteiger partial charge in [-0.05, 0) is 32.2 Å². The largest absolute Gasteiger partial charge is 0.330 e. The molecule has 90 valence electrons. The van der Waals surface area contributed by atoms with Gasteiger partial charge in [-0.3, -0.25) is 4.90 Å². The minimum Gasteiger partial charge on any atom is -0.330 e. The SMILES string of the molecule is CC1CCC(CN)CN1Cc1nnsc1Cl. The summed E-state index contributed by atoms with van der Waals surface area (Å²) in [4.78, 5) is 2.41. The van der Waals surface area contributed by atoms with Crippen LogP contribution < -0.4 is 5.73 Å². The summed E-state index contributed by atoms with van der Waals surface area (Å²) in [5.41, 5.74) is 6.63. The second-order valence-corrected chi connectivity index (χ2v) is 5.81. The highest BCUT2D eigenvalue weighted by Gasteiger charge is 2.25. The zero-order chi connectivity index (χ0) is 11.5. The van der Waals surface area contributed by atoms with Crippen LogP contribution in [0, 0.1) is 5.92 Å². The molecule has 0 spiro atoms. The molecule has 2 heterocycles. The van der Waals surface area contributed by atoms with Crippen molar-refractivity contribution in [1.82, 2.24) is 14.5 Å². The third-order valence-corrected chi connectivity index (χ3v) is 4.29. The van der Waals surface area contributed by atoms with Crippen molar-refractivity contribution in [1.29, 1.82) is 0 Å². The van der Waals surface area contributed by atoms with Crippen molar-refractivity contribution in [2.24, 2.45) is 11.7 Å². The molecule has 2 unspecified atom stereocenters. The van der Waals surface area contributed by atoms with E-state index in [-0.39, 0.29) is 0 Å². The molecule has 1 aromatic heterocycles. The highest BCUT2D eigenvalue weighted by molar-refractivity contribution is 7.10. The quantitative estimate of drug-likeness (QED) is 0.900. The van der Waals surface area contributed by atoms with Gasteiger partial charge in [-0.1, -0.05) is 16.1 Å². The lowest BCUT2D eigenvalue weighted by atomic mass is 9.93. The smallest absolute Gasteiger partial charge is 0.138 e. The highest BCUT2D eigenvalue weighted by Crippen LogP contribution is 2.25. The zero-order valence-electron chi connectivity index (χ0n) is 9.40. The first-order valence-electron chi connectivity index (χ1n) is 5.61. The van der Waals surface area contributed by atoms with Gasteiger partial charge in [0, 0.05) is 30.7 Å². The fraction of sp³-hybridized carbons (Fsp3) is 0.800. The van der Waals surface area contributed by atoms with Gasteiger partial charge in [-0.15, -0.1) is 5.10 Å². The lowest BCUT2D eigenvalue weighted by Gasteiger charge is -2.37. The van der Waals surface area contributed by atoms with Crippen molar-refractivity contribution >= 4 is 23.1 Å². The maximum absolute atomic E-state index is 6.02. The minimum atomic E-state index is 0.584. The van der Waals surface area contributed by atoms with Crippen molar-refractivity contribution in [2.75, 3.05) is 13.1 Å². The van der Waals surface area contributed by atoms with E-state index in [9.17, 15) is 0 Å². The third kappa shape index (κ3) is 2.71. The summed E-state index contributed by atoms with van der Waals surface area (Å²) in [5, 5.41) is 4.06. The standard InChI is InChI=1S/C10H17ClN4S/c1-7-2-3-8(4-12)5-15(7)6-9-10(11)16-14-13-9/h7-8H,2-6,12H2,1H3. The maximum atomic E-state index is 6.02. The zero-order valence-corrected chi connectivity index (χ0v) is 11.0. The fourth-order valence-electron chi connectivity index (χ4n) is 2.16. The topological polar surface area (TPSA) is 55.0 Å². The van der Waals surface area contributed by atoms with Crippen molar-refractivity contribution in [3.63, 3.8) is 0 Å². The van der Waals surface area contributed by atoms with Crippen LogP contribution in [-0.4, -0.2) is 33.6 Å². The molecule has 0 bridgehead atoms. The molecule has 6 heteroatoms. The van der Waals surface area contributed by atoms with Crippen LogP contribution in [0.2, 0.25) is 4.34 Å². The van der Waals surface area contributed by atoms with Crippen molar-refractivity contribution in [2.45, 2.75) is 32.4 Å². The molecular weight excluding hydrogens is 244 g/mol. The summed E-state index contributed by atoms with van der Waals surface area (Å²) in [7, 11) is 0. The first-order chi connectivity index (χ1) is 7.70. The van der Waals surface area contributed by atoms with Gasteiger partial charge in [-0.2, -0.15) is 0 Å². The van der Waals surface area contributed by atoms with Gasteiger partial charge in [0.1, 0.15) is 10.0 Å². The molecule has 0 amide bonds. The molecule has 2 atom stereocenters. The van der Waals surface area contributed by atoms with Crippen LogP contribution in [0.3, 0.4) is 0 Å². The number of likely N-dealkylation sites (tertiary alicyclic amines) is 1. The molecule has 0 aliphatic carbocycles. The van der Waals surface area contributed by atoms with Crippen LogP contribution in [0.1, 0.15) is 25.5 Å². The second kappa shape index (κ2) is 5.40. The van der Waals surface area contributed by atoms with Crippen molar-refractivity contribution in [3.8, 4) is 0 Å². The van der Waals surface area contributed by atoms with E-state index in [0.717, 1.165) is 25.3 Å². The van der Waals surface area contributed by atoms with Gasteiger partial charge in [0.25, 0.3) is 0 Å². The van der Waals surface area contributed by atoms with Gasteiger partial charge in [0.05, 0.1) is 0 Å². The van der Waals surface area contributed by atoms with E-state index < -0.39 is 0 Å². The Labute approximate surface area is 105 Å². The number of halogens is 1. The number of hydrogen-bond donors (Lipinski definition) is 1. The van der Waals surface area contributed by atoms with Crippen LogP contribution in [0.5, 0.6) is 0 Å². The summed E-state index contributed by atoms with van der Waals surface area (Å²) >= 11 is 7.27. The molecule has 2 N–H and O–H groups in total. The second-order valence-electron chi connectivity index (χ2n) is 4.45. The average molecular weight is 261 g/mol. The van der Waals surface area contributed by atoms with E-state index in [4.69, 9.17) is 17.3 Å². The predicted molar refractivity (Wildman–Crippen MR) is 66.6 cm³/mol. The average Bonchev–Trinajstić information content (AvgIpc) is 2.68. The molecule has 0 radical (unpaired) electrons. The normalized spacial score (nSPS) is 27.2. The third-order valence-electron chi connectivity index (χ3n) is 3.30. The van der Waals surface area contributed by atoms with E-state index >= 15 is 0 Å². The summed E-state index contributed by atoms with van der Waals surface area (Å²) < 4.78 is 4.57.